The number of nitrogens with zero attached hydrogens (tertiary/aromatic N) is 2. The Bertz CT molecular complexity index is 1560. The Hall–Kier alpha value is -4.94. The quantitative estimate of drug-likeness (QED) is 0.0565. The molecule has 0 spiro atoms. The SMILES string of the molecule is COCCOc1cc2ncnc(OC(=C/N)/C(C)=C\C(=O)/C(C(=O)Nc3ccccc3)=C3\CCCCN3)c2cc1OCCOC. The van der Waals surface area contributed by atoms with E-state index in [-0.39, 0.29) is 23.8 Å². The number of rotatable bonds is 15. The lowest BCUT2D eigenvalue weighted by atomic mass is 9.99. The van der Waals surface area contributed by atoms with Crippen LogP contribution in [0.4, 0.5) is 5.69 Å². The summed E-state index contributed by atoms with van der Waals surface area (Å²) >= 11 is 0. The first-order chi connectivity index (χ1) is 21.9. The maximum atomic E-state index is 13.7. The molecule has 1 fully saturated rings. The number of hydrogen-bond donors (Lipinski definition) is 3. The van der Waals surface area contributed by atoms with Gasteiger partial charge in [0.2, 0.25) is 5.88 Å². The van der Waals surface area contributed by atoms with Gasteiger partial charge in [-0.1, -0.05) is 18.2 Å². The van der Waals surface area contributed by atoms with Crippen LogP contribution in [0, 0.1) is 0 Å². The van der Waals surface area contributed by atoms with E-state index < -0.39 is 11.7 Å². The van der Waals surface area contributed by atoms with Crippen molar-refractivity contribution in [3.05, 3.63) is 83.7 Å². The van der Waals surface area contributed by atoms with Crippen molar-refractivity contribution >= 4 is 28.3 Å². The molecule has 1 amide bonds. The minimum atomic E-state index is -0.495. The molecular weight excluding hydrogens is 578 g/mol. The Kier molecular flexibility index (Phi) is 12.3. The predicted molar refractivity (Wildman–Crippen MR) is 170 cm³/mol. The number of piperidine rings is 1. The van der Waals surface area contributed by atoms with Crippen molar-refractivity contribution in [2.24, 2.45) is 5.73 Å². The van der Waals surface area contributed by atoms with Crippen LogP contribution in [0.3, 0.4) is 0 Å². The Morgan fingerprint density at radius 3 is 2.33 bits per heavy atom. The van der Waals surface area contributed by atoms with E-state index >= 15 is 0 Å². The van der Waals surface area contributed by atoms with Gasteiger partial charge in [-0.2, -0.15) is 0 Å². The zero-order chi connectivity index (χ0) is 32.0. The molecule has 12 nitrogen and oxygen atoms in total. The van der Waals surface area contributed by atoms with E-state index in [9.17, 15) is 9.59 Å². The van der Waals surface area contributed by atoms with Gasteiger partial charge in [0.15, 0.2) is 17.3 Å². The molecule has 0 saturated carbocycles. The Labute approximate surface area is 262 Å². The molecule has 4 N–H and O–H groups in total. The van der Waals surface area contributed by atoms with Gasteiger partial charge in [-0.05, 0) is 56.0 Å². The summed E-state index contributed by atoms with van der Waals surface area (Å²) in [5.74, 6) is 0.304. The molecule has 238 valence electrons. The van der Waals surface area contributed by atoms with Gasteiger partial charge in [0.25, 0.3) is 5.91 Å². The zero-order valence-electron chi connectivity index (χ0n) is 25.8. The van der Waals surface area contributed by atoms with E-state index in [1.54, 1.807) is 45.4 Å². The average Bonchev–Trinajstić information content (AvgIpc) is 3.05. The lowest BCUT2D eigenvalue weighted by Gasteiger charge is -2.20. The van der Waals surface area contributed by atoms with Gasteiger partial charge >= 0.3 is 0 Å². The monoisotopic (exact) mass is 617 g/mol. The number of carbonyl (C=O) groups is 2. The molecule has 1 saturated heterocycles. The summed E-state index contributed by atoms with van der Waals surface area (Å²) in [4.78, 5) is 35.7. The van der Waals surface area contributed by atoms with E-state index in [0.29, 0.717) is 72.1 Å². The number of benzene rings is 2. The number of nitrogens with one attached hydrogen (secondary N) is 2. The number of nitrogens with two attached hydrogens (primary N) is 1. The van der Waals surface area contributed by atoms with Crippen LogP contribution < -0.4 is 30.6 Å². The molecule has 0 bridgehead atoms. The largest absolute Gasteiger partial charge is 0.487 e. The number of carbonyl (C=O) groups excluding carboxylic acids is 2. The number of anilines is 1. The second kappa shape index (κ2) is 16.8. The lowest BCUT2D eigenvalue weighted by molar-refractivity contribution is -0.117. The molecule has 1 aromatic heterocycles. The van der Waals surface area contributed by atoms with Gasteiger partial charge in [-0.25, -0.2) is 9.97 Å². The fourth-order valence-electron chi connectivity index (χ4n) is 4.59. The zero-order valence-corrected chi connectivity index (χ0v) is 25.8. The number of para-hydroxylation sites is 1. The Balaban J connectivity index is 1.62. The van der Waals surface area contributed by atoms with Crippen LogP contribution in [-0.4, -0.2) is 68.9 Å². The summed E-state index contributed by atoms with van der Waals surface area (Å²) in [5.41, 5.74) is 8.13. The summed E-state index contributed by atoms with van der Waals surface area (Å²) in [7, 11) is 3.18. The summed E-state index contributed by atoms with van der Waals surface area (Å²) in [6.45, 7) is 3.72. The Morgan fingerprint density at radius 2 is 1.69 bits per heavy atom. The fourth-order valence-corrected chi connectivity index (χ4v) is 4.59. The van der Waals surface area contributed by atoms with Gasteiger partial charge in [-0.3, -0.25) is 9.59 Å². The van der Waals surface area contributed by atoms with Crippen molar-refractivity contribution in [3.8, 4) is 17.4 Å². The molecule has 1 aliphatic heterocycles. The number of hydrogen-bond acceptors (Lipinski definition) is 11. The number of aromatic nitrogens is 2. The first kappa shape index (κ1) is 33.0. The van der Waals surface area contributed by atoms with E-state index in [2.05, 4.69) is 20.6 Å². The van der Waals surface area contributed by atoms with Gasteiger partial charge in [0, 0.05) is 44.4 Å². The highest BCUT2D eigenvalue weighted by molar-refractivity contribution is 6.27. The summed E-state index contributed by atoms with van der Waals surface area (Å²) < 4.78 is 28.1. The highest BCUT2D eigenvalue weighted by Gasteiger charge is 2.24. The number of ketones is 1. The smallest absolute Gasteiger partial charge is 0.261 e. The highest BCUT2D eigenvalue weighted by Crippen LogP contribution is 2.36. The van der Waals surface area contributed by atoms with Crippen molar-refractivity contribution in [2.45, 2.75) is 26.2 Å². The van der Waals surface area contributed by atoms with Crippen LogP contribution in [0.2, 0.25) is 0 Å². The van der Waals surface area contributed by atoms with Gasteiger partial charge in [0.05, 0.1) is 24.1 Å². The summed E-state index contributed by atoms with van der Waals surface area (Å²) in [6.07, 6.45) is 6.35. The van der Waals surface area contributed by atoms with Crippen molar-refractivity contribution in [2.75, 3.05) is 52.5 Å². The van der Waals surface area contributed by atoms with Crippen LogP contribution in [0.5, 0.6) is 17.4 Å². The van der Waals surface area contributed by atoms with E-state index in [1.165, 1.54) is 18.6 Å². The molecule has 12 heteroatoms. The maximum absolute atomic E-state index is 13.7. The third-order valence-corrected chi connectivity index (χ3v) is 6.85. The van der Waals surface area contributed by atoms with Crippen LogP contribution in [-0.2, 0) is 19.1 Å². The number of amides is 1. The normalized spacial score (nSPS) is 14.8. The number of methoxy groups -OCH3 is 2. The summed E-state index contributed by atoms with van der Waals surface area (Å²) in [6, 6.07) is 12.4. The topological polar surface area (TPSA) is 156 Å². The van der Waals surface area contributed by atoms with Crippen molar-refractivity contribution < 1.29 is 33.3 Å². The predicted octanol–water partition coefficient (Wildman–Crippen LogP) is 4.04. The number of allylic oxidation sites excluding steroid dienone is 3. The van der Waals surface area contributed by atoms with Crippen molar-refractivity contribution in [1.29, 1.82) is 0 Å². The second-order valence-electron chi connectivity index (χ2n) is 10.1. The third kappa shape index (κ3) is 9.03. The van der Waals surface area contributed by atoms with Gasteiger partial charge < -0.3 is 40.1 Å². The van der Waals surface area contributed by atoms with E-state index in [4.69, 9.17) is 29.4 Å². The molecule has 4 rings (SSSR count). The lowest BCUT2D eigenvalue weighted by Crippen LogP contribution is -2.29. The molecule has 2 heterocycles. The van der Waals surface area contributed by atoms with E-state index in [0.717, 1.165) is 12.8 Å². The molecule has 1 aliphatic rings. The molecule has 0 aliphatic carbocycles. The van der Waals surface area contributed by atoms with Gasteiger partial charge in [-0.15, -0.1) is 0 Å². The first-order valence-electron chi connectivity index (χ1n) is 14.6. The second-order valence-corrected chi connectivity index (χ2v) is 10.1. The van der Waals surface area contributed by atoms with Crippen LogP contribution >= 0.6 is 0 Å². The fraction of sp³-hybridized carbons (Fsp3) is 0.333. The van der Waals surface area contributed by atoms with Crippen LogP contribution in [0.25, 0.3) is 10.9 Å². The van der Waals surface area contributed by atoms with Crippen LogP contribution in [0.15, 0.2) is 83.7 Å². The summed E-state index contributed by atoms with van der Waals surface area (Å²) in [5, 5.41) is 6.59. The molecule has 45 heavy (non-hydrogen) atoms. The third-order valence-electron chi connectivity index (χ3n) is 6.85. The van der Waals surface area contributed by atoms with E-state index in [1.807, 2.05) is 18.2 Å². The molecule has 3 aromatic rings. The van der Waals surface area contributed by atoms with Crippen molar-refractivity contribution in [1.82, 2.24) is 15.3 Å². The maximum Gasteiger partial charge on any atom is 0.261 e. The average molecular weight is 618 g/mol. The minimum Gasteiger partial charge on any atom is -0.487 e. The molecular formula is C33H39N5O7. The first-order valence-corrected chi connectivity index (χ1v) is 14.6. The molecule has 2 aromatic carbocycles. The molecule has 0 atom stereocenters. The highest BCUT2D eigenvalue weighted by atomic mass is 16.5. The minimum absolute atomic E-state index is 0.0422. The number of ether oxygens (including phenoxy) is 5. The van der Waals surface area contributed by atoms with Crippen LogP contribution in [0.1, 0.15) is 26.2 Å². The van der Waals surface area contributed by atoms with Crippen molar-refractivity contribution in [3.63, 3.8) is 0 Å². The molecule has 0 unspecified atom stereocenters. The number of fused-ring (bicyclic) bond motifs is 1. The standard InChI is InChI=1S/C33H39N5O7/c1-22(17-27(39)31(25-11-7-8-12-35-25)32(40)38-23-9-5-4-6-10-23)30(20-34)45-33-24-18-28(43-15-13-41-2)29(44-16-14-42-3)19-26(24)36-21-37-33/h4-6,9-10,17-21,35H,7-8,11-16,34H2,1-3H3,(H,38,40)/b22-17-,30-20+,31-25-. The Morgan fingerprint density at radius 1 is 0.978 bits per heavy atom. The van der Waals surface area contributed by atoms with Gasteiger partial charge in [0.1, 0.15) is 30.9 Å². The molecule has 0 radical (unpaired) electrons.